The van der Waals surface area contributed by atoms with Crippen LogP contribution in [0, 0.1) is 11.8 Å². The van der Waals surface area contributed by atoms with Gasteiger partial charge in [0.05, 0.1) is 5.54 Å². The molecule has 0 saturated heterocycles. The molecule has 4 nitrogen and oxygen atoms in total. The zero-order valence-corrected chi connectivity index (χ0v) is 11.8. The van der Waals surface area contributed by atoms with Gasteiger partial charge < -0.3 is 10.3 Å². The molecule has 0 amide bonds. The van der Waals surface area contributed by atoms with Crippen LogP contribution in [0.5, 0.6) is 0 Å². The van der Waals surface area contributed by atoms with E-state index in [0.29, 0.717) is 17.7 Å². The molecule has 0 spiro atoms. The van der Waals surface area contributed by atoms with Gasteiger partial charge in [0.15, 0.2) is 5.82 Å². The summed E-state index contributed by atoms with van der Waals surface area (Å²) in [6.45, 7) is 6.63. The van der Waals surface area contributed by atoms with Crippen LogP contribution >= 0.6 is 0 Å². The Labute approximate surface area is 109 Å². The molecule has 0 aromatic carbocycles. The first-order valence-electron chi connectivity index (χ1n) is 7.15. The van der Waals surface area contributed by atoms with Crippen LogP contribution in [0.1, 0.15) is 64.6 Å². The van der Waals surface area contributed by atoms with Crippen LogP contribution in [0.3, 0.4) is 0 Å². The summed E-state index contributed by atoms with van der Waals surface area (Å²) in [4.78, 5) is 4.53. The predicted molar refractivity (Wildman–Crippen MR) is 71.0 cm³/mol. The Balaban J connectivity index is 2.08. The van der Waals surface area contributed by atoms with Crippen molar-refractivity contribution < 1.29 is 4.52 Å². The van der Waals surface area contributed by atoms with Crippen molar-refractivity contribution in [1.29, 1.82) is 0 Å². The molecule has 3 atom stereocenters. The third kappa shape index (κ3) is 2.91. The minimum atomic E-state index is -0.366. The van der Waals surface area contributed by atoms with E-state index in [2.05, 4.69) is 30.9 Å². The van der Waals surface area contributed by atoms with E-state index >= 15 is 0 Å². The molecular formula is C14H25N3O. The summed E-state index contributed by atoms with van der Waals surface area (Å²) in [5.74, 6) is 2.69. The van der Waals surface area contributed by atoms with E-state index in [-0.39, 0.29) is 5.54 Å². The number of aromatic nitrogens is 2. The summed E-state index contributed by atoms with van der Waals surface area (Å²) in [6.07, 6.45) is 6.34. The van der Waals surface area contributed by atoms with Crippen LogP contribution in [0.25, 0.3) is 0 Å². The van der Waals surface area contributed by atoms with Crippen LogP contribution in [-0.2, 0) is 12.0 Å². The molecule has 1 saturated carbocycles. The fourth-order valence-corrected chi connectivity index (χ4v) is 2.78. The summed E-state index contributed by atoms with van der Waals surface area (Å²) in [5.41, 5.74) is 6.10. The molecule has 0 aliphatic heterocycles. The molecule has 1 aromatic rings. The largest absolute Gasteiger partial charge is 0.339 e. The molecule has 0 bridgehead atoms. The van der Waals surface area contributed by atoms with Gasteiger partial charge in [-0.1, -0.05) is 45.2 Å². The molecule has 18 heavy (non-hydrogen) atoms. The van der Waals surface area contributed by atoms with Crippen molar-refractivity contribution in [3.05, 3.63) is 11.7 Å². The maximum Gasteiger partial charge on any atom is 0.226 e. The second-order valence-electron chi connectivity index (χ2n) is 6.09. The fourth-order valence-electron chi connectivity index (χ4n) is 2.78. The van der Waals surface area contributed by atoms with Crippen molar-refractivity contribution in [3.63, 3.8) is 0 Å². The molecule has 1 aromatic heterocycles. The Morgan fingerprint density at radius 1 is 1.56 bits per heavy atom. The topological polar surface area (TPSA) is 64.9 Å². The quantitative estimate of drug-likeness (QED) is 0.893. The standard InChI is InChI=1S/C14H25N3O/c1-4-10(2)8-12-16-13(17-18-12)14(15)7-5-6-11(3)9-14/h10-11H,4-9,15H2,1-3H3. The highest BCUT2D eigenvalue weighted by atomic mass is 16.5. The van der Waals surface area contributed by atoms with Crippen LogP contribution in [0.15, 0.2) is 4.52 Å². The number of hydrogen-bond acceptors (Lipinski definition) is 4. The van der Waals surface area contributed by atoms with Crippen molar-refractivity contribution in [3.8, 4) is 0 Å². The van der Waals surface area contributed by atoms with Gasteiger partial charge in [0.25, 0.3) is 0 Å². The fraction of sp³-hybridized carbons (Fsp3) is 0.857. The molecule has 1 fully saturated rings. The number of nitrogens with zero attached hydrogens (tertiary/aromatic N) is 2. The minimum Gasteiger partial charge on any atom is -0.339 e. The number of nitrogens with two attached hydrogens (primary N) is 1. The van der Waals surface area contributed by atoms with Crippen LogP contribution in [0.4, 0.5) is 0 Å². The average molecular weight is 251 g/mol. The van der Waals surface area contributed by atoms with Gasteiger partial charge in [0, 0.05) is 6.42 Å². The van der Waals surface area contributed by atoms with E-state index in [9.17, 15) is 0 Å². The molecule has 2 rings (SSSR count). The third-order valence-corrected chi connectivity index (χ3v) is 4.17. The minimum absolute atomic E-state index is 0.366. The molecule has 1 aliphatic carbocycles. The maximum absolute atomic E-state index is 6.46. The van der Waals surface area contributed by atoms with E-state index in [0.717, 1.165) is 38.0 Å². The van der Waals surface area contributed by atoms with Gasteiger partial charge in [0.2, 0.25) is 5.89 Å². The van der Waals surface area contributed by atoms with E-state index < -0.39 is 0 Å². The van der Waals surface area contributed by atoms with E-state index in [1.807, 2.05) is 0 Å². The number of hydrogen-bond donors (Lipinski definition) is 1. The third-order valence-electron chi connectivity index (χ3n) is 4.17. The second-order valence-corrected chi connectivity index (χ2v) is 6.09. The van der Waals surface area contributed by atoms with E-state index in [1.165, 1.54) is 6.42 Å². The lowest BCUT2D eigenvalue weighted by molar-refractivity contribution is 0.221. The van der Waals surface area contributed by atoms with Gasteiger partial charge in [-0.25, -0.2) is 0 Å². The van der Waals surface area contributed by atoms with Gasteiger partial charge in [-0.05, 0) is 24.7 Å². The lowest BCUT2D eigenvalue weighted by Crippen LogP contribution is -2.42. The van der Waals surface area contributed by atoms with Crippen molar-refractivity contribution in [2.75, 3.05) is 0 Å². The summed E-state index contributed by atoms with van der Waals surface area (Å²) in [5, 5.41) is 4.12. The normalized spacial score (nSPS) is 30.3. The summed E-state index contributed by atoms with van der Waals surface area (Å²) in [6, 6.07) is 0. The lowest BCUT2D eigenvalue weighted by atomic mass is 9.76. The van der Waals surface area contributed by atoms with E-state index in [4.69, 9.17) is 10.3 Å². The molecule has 102 valence electrons. The zero-order chi connectivity index (χ0) is 13.2. The highest BCUT2D eigenvalue weighted by Gasteiger charge is 2.36. The van der Waals surface area contributed by atoms with Gasteiger partial charge in [-0.15, -0.1) is 0 Å². The molecule has 2 N–H and O–H groups in total. The lowest BCUT2D eigenvalue weighted by Gasteiger charge is -2.33. The highest BCUT2D eigenvalue weighted by Crippen LogP contribution is 2.36. The Morgan fingerprint density at radius 3 is 3.00 bits per heavy atom. The van der Waals surface area contributed by atoms with Crippen molar-refractivity contribution in [2.24, 2.45) is 17.6 Å². The molecule has 3 unspecified atom stereocenters. The Kier molecular flexibility index (Phi) is 4.05. The van der Waals surface area contributed by atoms with Crippen molar-refractivity contribution >= 4 is 0 Å². The molecule has 0 radical (unpaired) electrons. The smallest absolute Gasteiger partial charge is 0.226 e. The average Bonchev–Trinajstić information content (AvgIpc) is 2.78. The molecule has 4 heteroatoms. The molecule has 1 aliphatic rings. The van der Waals surface area contributed by atoms with Gasteiger partial charge in [-0.3, -0.25) is 0 Å². The second kappa shape index (κ2) is 5.39. The maximum atomic E-state index is 6.46. The van der Waals surface area contributed by atoms with Crippen LogP contribution in [-0.4, -0.2) is 10.1 Å². The van der Waals surface area contributed by atoms with Crippen molar-refractivity contribution in [2.45, 2.75) is 64.8 Å². The summed E-state index contributed by atoms with van der Waals surface area (Å²) in [7, 11) is 0. The Morgan fingerprint density at radius 2 is 2.33 bits per heavy atom. The van der Waals surface area contributed by atoms with Crippen LogP contribution in [0.2, 0.25) is 0 Å². The van der Waals surface area contributed by atoms with Gasteiger partial charge >= 0.3 is 0 Å². The first-order chi connectivity index (χ1) is 8.53. The highest BCUT2D eigenvalue weighted by molar-refractivity contribution is 5.06. The SMILES string of the molecule is CCC(C)Cc1nc(C2(N)CCCC(C)C2)no1. The van der Waals surface area contributed by atoms with E-state index in [1.54, 1.807) is 0 Å². The summed E-state index contributed by atoms with van der Waals surface area (Å²) >= 11 is 0. The zero-order valence-electron chi connectivity index (χ0n) is 11.8. The Hall–Kier alpha value is -0.900. The van der Waals surface area contributed by atoms with Crippen molar-refractivity contribution in [1.82, 2.24) is 10.1 Å². The molecule has 1 heterocycles. The van der Waals surface area contributed by atoms with Gasteiger partial charge in [-0.2, -0.15) is 4.98 Å². The first-order valence-corrected chi connectivity index (χ1v) is 7.15. The Bertz CT molecular complexity index is 390. The number of rotatable bonds is 4. The summed E-state index contributed by atoms with van der Waals surface area (Å²) < 4.78 is 5.35. The monoisotopic (exact) mass is 251 g/mol. The van der Waals surface area contributed by atoms with Gasteiger partial charge in [0.1, 0.15) is 0 Å². The predicted octanol–water partition coefficient (Wildman–Crippen LogP) is 3.02. The first kappa shape index (κ1) is 13.5. The van der Waals surface area contributed by atoms with Crippen LogP contribution < -0.4 is 5.73 Å². The molecular weight excluding hydrogens is 226 g/mol.